The van der Waals surface area contributed by atoms with E-state index in [0.717, 1.165) is 0 Å². The molecule has 148 valence electrons. The summed E-state index contributed by atoms with van der Waals surface area (Å²) in [7, 11) is -1.70. The standard InChI is InChI=1S/C21H16Cl2N2O3S/c1-13(26)24-20-10-8-16(12-18(20)23)29(28)25-19-9-7-15(22)11-17(19)21(27)14-5-3-2-4-6-14/h2-12,25H,1H3,(H,24,26). The van der Waals surface area contributed by atoms with Crippen molar-refractivity contribution in [1.82, 2.24) is 0 Å². The first-order valence-corrected chi connectivity index (χ1v) is 10.4. The number of hydrogen-bond donors (Lipinski definition) is 2. The number of hydrogen-bond acceptors (Lipinski definition) is 3. The minimum atomic E-state index is -1.70. The van der Waals surface area contributed by atoms with Crippen LogP contribution in [0.3, 0.4) is 0 Å². The van der Waals surface area contributed by atoms with E-state index in [4.69, 9.17) is 23.2 Å². The maximum absolute atomic E-state index is 12.9. The van der Waals surface area contributed by atoms with E-state index in [1.165, 1.54) is 19.1 Å². The second kappa shape index (κ2) is 9.22. The summed E-state index contributed by atoms with van der Waals surface area (Å²) in [6.07, 6.45) is 0. The summed E-state index contributed by atoms with van der Waals surface area (Å²) in [5.41, 5.74) is 1.60. The smallest absolute Gasteiger partial charge is 0.221 e. The third-order valence-electron chi connectivity index (χ3n) is 3.93. The summed E-state index contributed by atoms with van der Waals surface area (Å²) in [6, 6.07) is 18.1. The Morgan fingerprint density at radius 1 is 0.897 bits per heavy atom. The fourth-order valence-corrected chi connectivity index (χ4v) is 3.98. The fraction of sp³-hybridized carbons (Fsp3) is 0.0476. The van der Waals surface area contributed by atoms with Crippen molar-refractivity contribution in [3.63, 3.8) is 0 Å². The van der Waals surface area contributed by atoms with Gasteiger partial charge in [0.2, 0.25) is 5.91 Å². The highest BCUT2D eigenvalue weighted by molar-refractivity contribution is 7.86. The van der Waals surface area contributed by atoms with E-state index in [1.54, 1.807) is 48.5 Å². The fourth-order valence-electron chi connectivity index (χ4n) is 2.60. The molecule has 0 aliphatic carbocycles. The minimum Gasteiger partial charge on any atom is -0.325 e. The summed E-state index contributed by atoms with van der Waals surface area (Å²) in [6.45, 7) is 1.37. The van der Waals surface area contributed by atoms with Crippen molar-refractivity contribution in [2.24, 2.45) is 0 Å². The first-order chi connectivity index (χ1) is 13.8. The molecule has 0 aliphatic heterocycles. The number of benzene rings is 3. The number of carbonyl (C=O) groups is 2. The molecule has 8 heteroatoms. The number of rotatable bonds is 6. The highest BCUT2D eigenvalue weighted by Crippen LogP contribution is 2.28. The van der Waals surface area contributed by atoms with Crippen molar-refractivity contribution >= 4 is 57.3 Å². The molecule has 0 saturated carbocycles. The topological polar surface area (TPSA) is 75.3 Å². The van der Waals surface area contributed by atoms with Gasteiger partial charge in [-0.05, 0) is 36.4 Å². The van der Waals surface area contributed by atoms with Crippen LogP contribution in [0.4, 0.5) is 11.4 Å². The molecule has 1 atom stereocenters. The molecule has 0 aliphatic rings. The number of carbonyl (C=O) groups excluding carboxylic acids is 2. The lowest BCUT2D eigenvalue weighted by molar-refractivity contribution is -0.114. The van der Waals surface area contributed by atoms with Crippen LogP contribution in [0.1, 0.15) is 22.8 Å². The highest BCUT2D eigenvalue weighted by Gasteiger charge is 2.17. The Morgan fingerprint density at radius 3 is 2.24 bits per heavy atom. The predicted molar refractivity (Wildman–Crippen MR) is 117 cm³/mol. The van der Waals surface area contributed by atoms with Crippen LogP contribution >= 0.6 is 23.2 Å². The Balaban J connectivity index is 1.89. The summed E-state index contributed by atoms with van der Waals surface area (Å²) in [4.78, 5) is 24.5. The SMILES string of the molecule is CC(=O)Nc1ccc(S(=O)Nc2ccc(Cl)cc2C(=O)c2ccccc2)cc1Cl. The van der Waals surface area contributed by atoms with Gasteiger partial charge in [0.1, 0.15) is 11.0 Å². The van der Waals surface area contributed by atoms with Crippen molar-refractivity contribution in [3.05, 3.63) is 87.9 Å². The molecule has 2 N–H and O–H groups in total. The maximum Gasteiger partial charge on any atom is 0.221 e. The Labute approximate surface area is 180 Å². The van der Waals surface area contributed by atoms with Gasteiger partial charge < -0.3 is 10.0 Å². The molecule has 3 aromatic rings. The van der Waals surface area contributed by atoms with E-state index in [9.17, 15) is 13.8 Å². The molecule has 3 aromatic carbocycles. The number of ketones is 1. The van der Waals surface area contributed by atoms with Crippen LogP contribution in [0.25, 0.3) is 0 Å². The first kappa shape index (κ1) is 21.0. The molecular formula is C21H16Cl2N2O3S. The highest BCUT2D eigenvalue weighted by atomic mass is 35.5. The van der Waals surface area contributed by atoms with Crippen LogP contribution in [0, 0.1) is 0 Å². The largest absolute Gasteiger partial charge is 0.325 e. The number of halogens is 2. The number of nitrogens with one attached hydrogen (secondary N) is 2. The lowest BCUT2D eigenvalue weighted by Crippen LogP contribution is -2.11. The maximum atomic E-state index is 12.9. The van der Waals surface area contributed by atoms with Crippen molar-refractivity contribution in [3.8, 4) is 0 Å². The number of amides is 1. The predicted octanol–water partition coefficient (Wildman–Crippen LogP) is 5.32. The third kappa shape index (κ3) is 5.23. The summed E-state index contributed by atoms with van der Waals surface area (Å²) in [5.74, 6) is -0.504. The zero-order valence-corrected chi connectivity index (χ0v) is 17.6. The number of anilines is 2. The van der Waals surface area contributed by atoms with Crippen molar-refractivity contribution in [2.45, 2.75) is 11.8 Å². The van der Waals surface area contributed by atoms with Gasteiger partial charge in [0.15, 0.2) is 5.78 Å². The molecule has 29 heavy (non-hydrogen) atoms. The van der Waals surface area contributed by atoms with E-state index in [1.807, 2.05) is 6.07 Å². The van der Waals surface area contributed by atoms with Crippen LogP contribution in [-0.4, -0.2) is 15.9 Å². The minimum absolute atomic E-state index is 0.244. The molecule has 0 radical (unpaired) electrons. The Morgan fingerprint density at radius 2 is 1.59 bits per heavy atom. The van der Waals surface area contributed by atoms with Crippen LogP contribution in [0.15, 0.2) is 71.6 Å². The lowest BCUT2D eigenvalue weighted by Gasteiger charge is -2.13. The second-order valence-electron chi connectivity index (χ2n) is 6.08. The molecule has 0 bridgehead atoms. The summed E-state index contributed by atoms with van der Waals surface area (Å²) >= 11 is 12.2. The quantitative estimate of drug-likeness (QED) is 0.503. The van der Waals surface area contributed by atoms with E-state index in [2.05, 4.69) is 10.0 Å². The molecule has 0 heterocycles. The molecule has 5 nitrogen and oxygen atoms in total. The van der Waals surface area contributed by atoms with Crippen LogP contribution in [-0.2, 0) is 15.8 Å². The molecule has 0 fully saturated rings. The molecule has 0 aromatic heterocycles. The lowest BCUT2D eigenvalue weighted by atomic mass is 10.0. The molecule has 1 amide bonds. The van der Waals surface area contributed by atoms with Gasteiger partial charge in [0.25, 0.3) is 0 Å². The Kier molecular flexibility index (Phi) is 6.69. The van der Waals surface area contributed by atoms with Gasteiger partial charge in [0.05, 0.1) is 21.3 Å². The molecule has 0 saturated heterocycles. The van der Waals surface area contributed by atoms with Gasteiger partial charge in [-0.3, -0.25) is 9.59 Å². The Hall–Kier alpha value is -2.67. The van der Waals surface area contributed by atoms with Gasteiger partial charge in [-0.25, -0.2) is 4.21 Å². The summed E-state index contributed by atoms with van der Waals surface area (Å²) < 4.78 is 15.6. The van der Waals surface area contributed by atoms with Gasteiger partial charge in [-0.2, -0.15) is 0 Å². The second-order valence-corrected chi connectivity index (χ2v) is 8.14. The van der Waals surface area contributed by atoms with E-state index >= 15 is 0 Å². The van der Waals surface area contributed by atoms with Crippen LogP contribution in [0.2, 0.25) is 10.0 Å². The average Bonchev–Trinajstić information content (AvgIpc) is 2.70. The summed E-state index contributed by atoms with van der Waals surface area (Å²) in [5, 5.41) is 3.23. The van der Waals surface area contributed by atoms with Gasteiger partial charge in [-0.1, -0.05) is 53.5 Å². The first-order valence-electron chi connectivity index (χ1n) is 8.50. The normalized spacial score (nSPS) is 11.6. The molecular weight excluding hydrogens is 431 g/mol. The zero-order valence-electron chi connectivity index (χ0n) is 15.2. The van der Waals surface area contributed by atoms with Crippen LogP contribution in [0.5, 0.6) is 0 Å². The van der Waals surface area contributed by atoms with E-state index in [-0.39, 0.29) is 16.7 Å². The van der Waals surface area contributed by atoms with E-state index < -0.39 is 11.0 Å². The van der Waals surface area contributed by atoms with Gasteiger partial charge in [-0.15, -0.1) is 0 Å². The molecule has 1 unspecified atom stereocenters. The third-order valence-corrected chi connectivity index (χ3v) is 5.57. The van der Waals surface area contributed by atoms with Gasteiger partial charge in [0, 0.05) is 23.1 Å². The van der Waals surface area contributed by atoms with Crippen molar-refractivity contribution in [1.29, 1.82) is 0 Å². The Bertz CT molecular complexity index is 1100. The van der Waals surface area contributed by atoms with Crippen molar-refractivity contribution in [2.75, 3.05) is 10.0 Å². The monoisotopic (exact) mass is 446 g/mol. The average molecular weight is 447 g/mol. The zero-order chi connectivity index (χ0) is 21.0. The van der Waals surface area contributed by atoms with Crippen molar-refractivity contribution < 1.29 is 13.8 Å². The molecule has 0 spiro atoms. The van der Waals surface area contributed by atoms with Gasteiger partial charge >= 0.3 is 0 Å². The van der Waals surface area contributed by atoms with Crippen LogP contribution < -0.4 is 10.0 Å². The molecule has 3 rings (SSSR count). The van der Waals surface area contributed by atoms with E-state index in [0.29, 0.717) is 32.4 Å².